The molecule has 0 spiro atoms. The number of aliphatic hydroxyl groups excluding tert-OH is 1. The number of likely N-dealkylation sites (tertiary alicyclic amines) is 1. The first kappa shape index (κ1) is 27.2. The quantitative estimate of drug-likeness (QED) is 0.325. The molecule has 38 heavy (non-hydrogen) atoms. The van der Waals surface area contributed by atoms with Crippen molar-refractivity contribution < 1.29 is 23.9 Å². The number of nitrogens with zero attached hydrogens (tertiary/aromatic N) is 2. The van der Waals surface area contributed by atoms with E-state index in [1.807, 2.05) is 0 Å². The second-order valence-electron chi connectivity index (χ2n) is 14.6. The van der Waals surface area contributed by atoms with Crippen LogP contribution in [0.4, 0.5) is 0 Å². The third-order valence-electron chi connectivity index (χ3n) is 13.1. The second kappa shape index (κ2) is 10.2. The van der Waals surface area contributed by atoms with Crippen molar-refractivity contribution in [3.63, 3.8) is 0 Å². The Labute approximate surface area is 230 Å². The summed E-state index contributed by atoms with van der Waals surface area (Å²) in [5, 5.41) is 11.3. The monoisotopic (exact) mass is 529 g/mol. The number of esters is 1. The summed E-state index contributed by atoms with van der Waals surface area (Å²) in [6.45, 7) is 17.7. The van der Waals surface area contributed by atoms with Crippen molar-refractivity contribution in [3.8, 4) is 0 Å². The van der Waals surface area contributed by atoms with E-state index in [0.717, 1.165) is 56.6 Å². The van der Waals surface area contributed by atoms with Gasteiger partial charge in [-0.2, -0.15) is 0 Å². The summed E-state index contributed by atoms with van der Waals surface area (Å²) < 4.78 is 13.1. The molecule has 2 heterocycles. The fourth-order valence-corrected chi connectivity index (χ4v) is 11.3. The van der Waals surface area contributed by atoms with Gasteiger partial charge in [0.25, 0.3) is 0 Å². The lowest BCUT2D eigenvalue weighted by Crippen LogP contribution is -2.61. The molecule has 0 amide bonds. The molecule has 6 rings (SSSR count). The Morgan fingerprint density at radius 3 is 2.53 bits per heavy atom. The second-order valence-corrected chi connectivity index (χ2v) is 14.6. The molecular formula is C32H53N2O4+. The molecule has 0 unspecified atom stereocenters. The van der Waals surface area contributed by atoms with Crippen LogP contribution in [0.25, 0.3) is 0 Å². The van der Waals surface area contributed by atoms with Crippen LogP contribution < -0.4 is 0 Å². The molecule has 2 aliphatic heterocycles. The van der Waals surface area contributed by atoms with E-state index in [9.17, 15) is 9.90 Å². The Bertz CT molecular complexity index is 898. The average molecular weight is 530 g/mol. The van der Waals surface area contributed by atoms with Crippen molar-refractivity contribution in [1.82, 2.24) is 4.90 Å². The van der Waals surface area contributed by atoms with Crippen LogP contribution in [0.1, 0.15) is 78.6 Å². The Morgan fingerprint density at radius 1 is 1.11 bits per heavy atom. The molecule has 0 aromatic rings. The van der Waals surface area contributed by atoms with E-state index in [4.69, 9.17) is 9.47 Å². The summed E-state index contributed by atoms with van der Waals surface area (Å²) in [5.41, 5.74) is 0.343. The molecule has 6 aliphatic rings. The number of carbonyl (C=O) groups is 1. The molecule has 10 atom stereocenters. The number of fused-ring (bicyclic) bond motifs is 5. The lowest BCUT2D eigenvalue weighted by Gasteiger charge is -2.62. The number of quaternary nitrogens is 1. The van der Waals surface area contributed by atoms with Crippen LogP contribution in [0.15, 0.2) is 12.7 Å². The first-order valence-electron chi connectivity index (χ1n) is 15.9. The van der Waals surface area contributed by atoms with Gasteiger partial charge in [0.1, 0.15) is 6.04 Å². The van der Waals surface area contributed by atoms with E-state index in [-0.39, 0.29) is 35.0 Å². The molecule has 6 heteroatoms. The lowest BCUT2D eigenvalue weighted by molar-refractivity contribution is -0.937. The highest BCUT2D eigenvalue weighted by Crippen LogP contribution is 2.67. The van der Waals surface area contributed by atoms with Crippen molar-refractivity contribution in [3.05, 3.63) is 12.7 Å². The minimum absolute atomic E-state index is 0.0174. The SMILES string of the molecule is C=CC[N+]1([C@H]2C[C@@H]3[C@H]4CC[C@H]5C[C@@H](O)[C@@H](N6CCOCC6)C[C@]5(C)[C@@H]4CC[C@]3(C)[C@H]2OC(C)=O)CCCC1. The van der Waals surface area contributed by atoms with E-state index in [2.05, 4.69) is 31.4 Å². The molecule has 0 bridgehead atoms. The number of rotatable bonds is 5. The maximum absolute atomic E-state index is 12.5. The van der Waals surface area contributed by atoms with Gasteiger partial charge in [-0.25, -0.2) is 0 Å². The molecular weight excluding hydrogens is 476 g/mol. The van der Waals surface area contributed by atoms with Gasteiger partial charge in [-0.05, 0) is 73.7 Å². The van der Waals surface area contributed by atoms with Gasteiger partial charge < -0.3 is 19.1 Å². The summed E-state index contributed by atoms with van der Waals surface area (Å²) in [4.78, 5) is 15.0. The predicted octanol–water partition coefficient (Wildman–Crippen LogP) is 4.41. The number of carbonyl (C=O) groups excluding carboxylic acids is 1. The minimum Gasteiger partial charge on any atom is -0.456 e. The smallest absolute Gasteiger partial charge is 0.303 e. The number of hydrogen-bond donors (Lipinski definition) is 1. The Hall–Kier alpha value is -0.950. The van der Waals surface area contributed by atoms with Crippen LogP contribution in [0, 0.1) is 34.5 Å². The van der Waals surface area contributed by atoms with Gasteiger partial charge in [0.15, 0.2) is 6.10 Å². The van der Waals surface area contributed by atoms with Gasteiger partial charge in [-0.15, -0.1) is 0 Å². The standard InChI is InChI=1S/C32H53N2O4/c1-5-14-34(15-6-7-16-34)28-20-26-24-9-8-23-19-29(36)27(33-12-17-37-18-13-33)21-32(23,4)25(24)10-11-31(26,3)30(28)38-22(2)35/h5,23-30,36H,1,6-21H2,2-4H3/q+1/t23-,24-,25+,26+,27-,28-,29+,30-,31-,32-/m0/s1. The third kappa shape index (κ3) is 4.23. The largest absolute Gasteiger partial charge is 0.456 e. The zero-order valence-corrected chi connectivity index (χ0v) is 24.3. The van der Waals surface area contributed by atoms with Gasteiger partial charge >= 0.3 is 5.97 Å². The summed E-state index contributed by atoms with van der Waals surface area (Å²) >= 11 is 0. The normalized spacial score (nSPS) is 48.5. The molecule has 0 aromatic heterocycles. The van der Waals surface area contributed by atoms with E-state index in [1.165, 1.54) is 51.6 Å². The number of morpholine rings is 1. The first-order valence-corrected chi connectivity index (χ1v) is 15.9. The van der Waals surface area contributed by atoms with Crippen molar-refractivity contribution in [1.29, 1.82) is 0 Å². The molecule has 4 aliphatic carbocycles. The van der Waals surface area contributed by atoms with Crippen molar-refractivity contribution in [2.75, 3.05) is 45.9 Å². The molecule has 6 fully saturated rings. The van der Waals surface area contributed by atoms with Crippen molar-refractivity contribution in [2.45, 2.75) is 103 Å². The van der Waals surface area contributed by atoms with Crippen LogP contribution in [0.3, 0.4) is 0 Å². The average Bonchev–Trinajstić information content (AvgIpc) is 3.48. The number of ether oxygens (including phenoxy) is 2. The summed E-state index contributed by atoms with van der Waals surface area (Å²) in [6.07, 6.45) is 12.7. The number of hydrogen-bond acceptors (Lipinski definition) is 5. The maximum Gasteiger partial charge on any atom is 0.303 e. The van der Waals surface area contributed by atoms with E-state index in [1.54, 1.807) is 6.92 Å². The van der Waals surface area contributed by atoms with Gasteiger partial charge in [0.05, 0.1) is 39.0 Å². The zero-order valence-electron chi connectivity index (χ0n) is 24.3. The molecule has 2 saturated heterocycles. The van der Waals surface area contributed by atoms with E-state index < -0.39 is 0 Å². The summed E-state index contributed by atoms with van der Waals surface area (Å²) in [5.74, 6) is 2.54. The van der Waals surface area contributed by atoms with Gasteiger partial charge in [-0.1, -0.05) is 20.4 Å². The van der Waals surface area contributed by atoms with Crippen LogP contribution in [0.2, 0.25) is 0 Å². The number of aliphatic hydroxyl groups is 1. The predicted molar refractivity (Wildman–Crippen MR) is 148 cm³/mol. The molecule has 4 saturated carbocycles. The summed E-state index contributed by atoms with van der Waals surface area (Å²) in [6, 6.07) is 0.663. The fourth-order valence-electron chi connectivity index (χ4n) is 11.3. The molecule has 214 valence electrons. The van der Waals surface area contributed by atoms with Crippen molar-refractivity contribution in [2.24, 2.45) is 34.5 Å². The highest BCUT2D eigenvalue weighted by atomic mass is 16.5. The molecule has 0 aromatic carbocycles. The van der Waals surface area contributed by atoms with Gasteiger partial charge in [-0.3, -0.25) is 9.69 Å². The summed E-state index contributed by atoms with van der Waals surface area (Å²) in [7, 11) is 0. The van der Waals surface area contributed by atoms with E-state index >= 15 is 0 Å². The van der Waals surface area contributed by atoms with Gasteiger partial charge in [0.2, 0.25) is 0 Å². The van der Waals surface area contributed by atoms with Crippen LogP contribution in [-0.4, -0.2) is 90.7 Å². The Balaban J connectivity index is 1.30. The van der Waals surface area contributed by atoms with Crippen LogP contribution in [0.5, 0.6) is 0 Å². The Morgan fingerprint density at radius 2 is 1.84 bits per heavy atom. The minimum atomic E-state index is -0.209. The van der Waals surface area contributed by atoms with Gasteiger partial charge in [0, 0.05) is 50.7 Å². The highest BCUT2D eigenvalue weighted by molar-refractivity contribution is 5.66. The lowest BCUT2D eigenvalue weighted by atomic mass is 9.44. The van der Waals surface area contributed by atoms with Crippen LogP contribution >= 0.6 is 0 Å². The highest BCUT2D eigenvalue weighted by Gasteiger charge is 2.67. The molecule has 6 nitrogen and oxygen atoms in total. The van der Waals surface area contributed by atoms with E-state index in [0.29, 0.717) is 29.7 Å². The zero-order chi connectivity index (χ0) is 26.7. The Kier molecular flexibility index (Phi) is 7.27. The maximum atomic E-state index is 12.5. The topological polar surface area (TPSA) is 59.0 Å². The van der Waals surface area contributed by atoms with Crippen molar-refractivity contribution >= 4 is 5.97 Å². The third-order valence-corrected chi connectivity index (χ3v) is 13.1. The molecule has 0 radical (unpaired) electrons. The van der Waals surface area contributed by atoms with Crippen LogP contribution in [-0.2, 0) is 14.3 Å². The molecule has 1 N–H and O–H groups in total. The first-order chi connectivity index (χ1) is 18.2. The fraction of sp³-hybridized carbons (Fsp3) is 0.906.